The van der Waals surface area contributed by atoms with Crippen molar-refractivity contribution in [2.45, 2.75) is 0 Å². The highest BCUT2D eigenvalue weighted by Gasteiger charge is 2.08. The Morgan fingerprint density at radius 3 is 2.54 bits per heavy atom. The molecule has 4 rings (SSSR count). The van der Waals surface area contributed by atoms with Gasteiger partial charge in [0, 0.05) is 11.4 Å². The summed E-state index contributed by atoms with van der Waals surface area (Å²) in [5, 5.41) is 2.84. The summed E-state index contributed by atoms with van der Waals surface area (Å²) in [5.74, 6) is 1.24. The molecule has 0 aliphatic carbocycles. The SMILES string of the molecule is COc1ccc(-n2cnc3cc(NC(=O)COc4ccccc4)ccc32)cc1. The first-order chi connectivity index (χ1) is 13.7. The monoisotopic (exact) mass is 373 g/mol. The van der Waals surface area contributed by atoms with Crippen LogP contribution in [-0.4, -0.2) is 29.2 Å². The molecule has 4 aromatic rings. The van der Waals surface area contributed by atoms with Gasteiger partial charge in [-0.05, 0) is 54.6 Å². The summed E-state index contributed by atoms with van der Waals surface area (Å²) in [4.78, 5) is 16.6. The van der Waals surface area contributed by atoms with E-state index >= 15 is 0 Å². The van der Waals surface area contributed by atoms with Crippen molar-refractivity contribution in [2.75, 3.05) is 19.0 Å². The second-order valence-corrected chi connectivity index (χ2v) is 6.17. The van der Waals surface area contributed by atoms with Crippen molar-refractivity contribution in [3.8, 4) is 17.2 Å². The third-order valence-corrected chi connectivity index (χ3v) is 4.29. The first-order valence-corrected chi connectivity index (χ1v) is 8.82. The van der Waals surface area contributed by atoms with Crippen LogP contribution in [0.4, 0.5) is 5.69 Å². The van der Waals surface area contributed by atoms with Gasteiger partial charge in [-0.3, -0.25) is 9.36 Å². The van der Waals surface area contributed by atoms with E-state index in [1.165, 1.54) is 0 Å². The molecule has 0 aliphatic rings. The lowest BCUT2D eigenvalue weighted by molar-refractivity contribution is -0.118. The molecule has 0 aliphatic heterocycles. The number of benzene rings is 3. The zero-order valence-corrected chi connectivity index (χ0v) is 15.3. The molecule has 140 valence electrons. The van der Waals surface area contributed by atoms with Crippen LogP contribution in [0, 0.1) is 0 Å². The number of rotatable bonds is 6. The largest absolute Gasteiger partial charge is 0.497 e. The van der Waals surface area contributed by atoms with E-state index < -0.39 is 0 Å². The van der Waals surface area contributed by atoms with E-state index in [1.807, 2.05) is 77.4 Å². The second-order valence-electron chi connectivity index (χ2n) is 6.17. The minimum absolute atomic E-state index is 0.0532. The Morgan fingerprint density at radius 1 is 1.00 bits per heavy atom. The van der Waals surface area contributed by atoms with Crippen LogP contribution in [-0.2, 0) is 4.79 Å². The number of nitrogens with zero attached hydrogens (tertiary/aromatic N) is 2. The van der Waals surface area contributed by atoms with Crippen molar-refractivity contribution >= 4 is 22.6 Å². The molecular formula is C22H19N3O3. The highest BCUT2D eigenvalue weighted by Crippen LogP contribution is 2.23. The maximum absolute atomic E-state index is 12.1. The number of carbonyl (C=O) groups excluding carboxylic acids is 1. The van der Waals surface area contributed by atoms with Gasteiger partial charge in [-0.25, -0.2) is 4.98 Å². The van der Waals surface area contributed by atoms with E-state index in [1.54, 1.807) is 13.4 Å². The van der Waals surface area contributed by atoms with Crippen molar-refractivity contribution in [1.29, 1.82) is 0 Å². The summed E-state index contributed by atoms with van der Waals surface area (Å²) in [7, 11) is 1.64. The molecule has 0 fully saturated rings. The smallest absolute Gasteiger partial charge is 0.262 e. The molecule has 0 radical (unpaired) electrons. The Labute approximate surface area is 162 Å². The molecule has 1 heterocycles. The average molecular weight is 373 g/mol. The van der Waals surface area contributed by atoms with Crippen LogP contribution in [0.25, 0.3) is 16.7 Å². The molecule has 3 aromatic carbocycles. The van der Waals surface area contributed by atoms with Crippen molar-refractivity contribution in [3.05, 3.63) is 79.1 Å². The van der Waals surface area contributed by atoms with Crippen LogP contribution in [0.5, 0.6) is 11.5 Å². The van der Waals surface area contributed by atoms with Gasteiger partial charge in [0.15, 0.2) is 6.61 Å². The van der Waals surface area contributed by atoms with Gasteiger partial charge in [-0.15, -0.1) is 0 Å². The number of carbonyl (C=O) groups is 1. The number of methoxy groups -OCH3 is 1. The zero-order chi connectivity index (χ0) is 19.3. The number of aromatic nitrogens is 2. The summed E-state index contributed by atoms with van der Waals surface area (Å²) in [6.45, 7) is -0.0532. The summed E-state index contributed by atoms with van der Waals surface area (Å²) >= 11 is 0. The number of fused-ring (bicyclic) bond motifs is 1. The van der Waals surface area contributed by atoms with E-state index in [0.29, 0.717) is 11.4 Å². The third kappa shape index (κ3) is 3.81. The lowest BCUT2D eigenvalue weighted by Crippen LogP contribution is -2.20. The topological polar surface area (TPSA) is 65.4 Å². The van der Waals surface area contributed by atoms with Crippen LogP contribution in [0.1, 0.15) is 0 Å². The zero-order valence-electron chi connectivity index (χ0n) is 15.3. The van der Waals surface area contributed by atoms with E-state index in [0.717, 1.165) is 22.5 Å². The quantitative estimate of drug-likeness (QED) is 0.554. The highest BCUT2D eigenvalue weighted by molar-refractivity contribution is 5.94. The Hall–Kier alpha value is -3.80. The third-order valence-electron chi connectivity index (χ3n) is 4.29. The Kier molecular flexibility index (Phi) is 4.93. The van der Waals surface area contributed by atoms with Crippen molar-refractivity contribution in [2.24, 2.45) is 0 Å². The summed E-state index contributed by atoms with van der Waals surface area (Å²) < 4.78 is 12.7. The maximum atomic E-state index is 12.1. The fourth-order valence-electron chi connectivity index (χ4n) is 2.90. The van der Waals surface area contributed by atoms with E-state index in [2.05, 4.69) is 10.3 Å². The minimum Gasteiger partial charge on any atom is -0.497 e. The van der Waals surface area contributed by atoms with E-state index in [4.69, 9.17) is 9.47 Å². The molecule has 1 amide bonds. The van der Waals surface area contributed by atoms with Gasteiger partial charge < -0.3 is 14.8 Å². The number of ether oxygens (including phenoxy) is 2. The molecule has 28 heavy (non-hydrogen) atoms. The number of anilines is 1. The van der Waals surface area contributed by atoms with Gasteiger partial charge >= 0.3 is 0 Å². The molecule has 0 unspecified atom stereocenters. The van der Waals surface area contributed by atoms with Crippen LogP contribution in [0.3, 0.4) is 0 Å². The van der Waals surface area contributed by atoms with Gasteiger partial charge in [0.25, 0.3) is 5.91 Å². The second kappa shape index (κ2) is 7.84. The van der Waals surface area contributed by atoms with Crippen molar-refractivity contribution in [3.63, 3.8) is 0 Å². The maximum Gasteiger partial charge on any atom is 0.262 e. The molecule has 1 N–H and O–H groups in total. The van der Waals surface area contributed by atoms with Gasteiger partial charge in [0.1, 0.15) is 17.8 Å². The molecule has 0 spiro atoms. The summed E-state index contributed by atoms with van der Waals surface area (Å²) in [6.07, 6.45) is 1.76. The van der Waals surface area contributed by atoms with Crippen LogP contribution in [0.15, 0.2) is 79.1 Å². The van der Waals surface area contributed by atoms with Gasteiger partial charge in [-0.2, -0.15) is 0 Å². The lowest BCUT2D eigenvalue weighted by Gasteiger charge is -2.08. The standard InChI is InChI=1S/C22H19N3O3/c1-27-18-10-8-17(9-11-18)25-15-23-20-13-16(7-12-21(20)25)24-22(26)14-28-19-5-3-2-4-6-19/h2-13,15H,14H2,1H3,(H,24,26). The number of amides is 1. The number of imidazole rings is 1. The molecule has 0 saturated carbocycles. The molecule has 6 heteroatoms. The highest BCUT2D eigenvalue weighted by atomic mass is 16.5. The Balaban J connectivity index is 1.47. The molecule has 1 aromatic heterocycles. The first-order valence-electron chi connectivity index (χ1n) is 8.82. The number of hydrogen-bond acceptors (Lipinski definition) is 4. The number of nitrogens with one attached hydrogen (secondary N) is 1. The molecule has 0 bridgehead atoms. The van der Waals surface area contributed by atoms with Crippen molar-refractivity contribution < 1.29 is 14.3 Å². The predicted molar refractivity (Wildman–Crippen MR) is 108 cm³/mol. The fourth-order valence-corrected chi connectivity index (χ4v) is 2.90. The van der Waals surface area contributed by atoms with Crippen molar-refractivity contribution in [1.82, 2.24) is 9.55 Å². The Bertz CT molecular complexity index is 1090. The van der Waals surface area contributed by atoms with Gasteiger partial charge in [0.2, 0.25) is 0 Å². The molecular weight excluding hydrogens is 354 g/mol. The normalized spacial score (nSPS) is 10.6. The predicted octanol–water partition coefficient (Wildman–Crippen LogP) is 4.05. The molecule has 0 atom stereocenters. The van der Waals surface area contributed by atoms with Gasteiger partial charge in [0.05, 0.1) is 18.1 Å². The van der Waals surface area contributed by atoms with E-state index in [9.17, 15) is 4.79 Å². The lowest BCUT2D eigenvalue weighted by atomic mass is 10.2. The molecule has 6 nitrogen and oxygen atoms in total. The van der Waals surface area contributed by atoms with Crippen LogP contribution >= 0.6 is 0 Å². The van der Waals surface area contributed by atoms with Gasteiger partial charge in [-0.1, -0.05) is 18.2 Å². The summed E-state index contributed by atoms with van der Waals surface area (Å²) in [5.41, 5.74) is 3.40. The fraction of sp³-hybridized carbons (Fsp3) is 0.0909. The number of para-hydroxylation sites is 1. The Morgan fingerprint density at radius 2 is 1.79 bits per heavy atom. The molecule has 0 saturated heterocycles. The summed E-state index contributed by atoms with van der Waals surface area (Å²) in [6, 6.07) is 22.6. The van der Waals surface area contributed by atoms with Crippen LogP contribution < -0.4 is 14.8 Å². The van der Waals surface area contributed by atoms with Crippen LogP contribution in [0.2, 0.25) is 0 Å². The average Bonchev–Trinajstić information content (AvgIpc) is 3.16. The van der Waals surface area contributed by atoms with E-state index in [-0.39, 0.29) is 12.5 Å². The first kappa shape index (κ1) is 17.6. The minimum atomic E-state index is -0.224. The number of hydrogen-bond donors (Lipinski definition) is 1.